The fourth-order valence-corrected chi connectivity index (χ4v) is 0.472. The minimum absolute atomic E-state index is 0.171. The molecule has 58 valence electrons. The zero-order valence-corrected chi connectivity index (χ0v) is 6.05. The minimum atomic E-state index is -0.279. The van der Waals surface area contributed by atoms with Crippen LogP contribution >= 0.6 is 0 Å². The zero-order valence-electron chi connectivity index (χ0n) is 6.05. The number of carbonyl (C=O) groups excluding carboxylic acids is 1. The van der Waals surface area contributed by atoms with Gasteiger partial charge in [-0.2, -0.15) is 0 Å². The molecule has 0 unspecified atom stereocenters. The van der Waals surface area contributed by atoms with Gasteiger partial charge in [-0.05, 0) is 6.92 Å². The van der Waals surface area contributed by atoms with E-state index in [9.17, 15) is 4.79 Å². The minimum Gasteiger partial charge on any atom is -0.399 e. The molecule has 0 bridgehead atoms. The van der Waals surface area contributed by atoms with Crippen molar-refractivity contribution in [3.8, 4) is 0 Å². The number of rotatable bonds is 3. The summed E-state index contributed by atoms with van der Waals surface area (Å²) in [7, 11) is 1.42. The number of hydrogen-bond acceptors (Lipinski definition) is 4. The van der Waals surface area contributed by atoms with E-state index in [1.807, 2.05) is 5.43 Å². The first-order chi connectivity index (χ1) is 4.70. The van der Waals surface area contributed by atoms with Gasteiger partial charge in [-0.3, -0.25) is 10.2 Å². The molecule has 0 aromatic rings. The first-order valence-electron chi connectivity index (χ1n) is 2.76. The van der Waals surface area contributed by atoms with Crippen LogP contribution in [0.5, 0.6) is 0 Å². The molecule has 0 saturated heterocycles. The third-order valence-corrected chi connectivity index (χ3v) is 0.825. The molecule has 0 fully saturated rings. The van der Waals surface area contributed by atoms with Crippen LogP contribution in [0, 0.1) is 0 Å². The van der Waals surface area contributed by atoms with Gasteiger partial charge in [0.15, 0.2) is 0 Å². The second-order valence-electron chi connectivity index (χ2n) is 1.75. The summed E-state index contributed by atoms with van der Waals surface area (Å²) < 4.78 is 0. The molecule has 0 aliphatic carbocycles. The maximum atomic E-state index is 10.5. The lowest BCUT2D eigenvalue weighted by molar-refractivity contribution is -0.120. The average Bonchev–Trinajstić information content (AvgIpc) is 1.88. The summed E-state index contributed by atoms with van der Waals surface area (Å²) in [5, 5.41) is 3.51. The lowest BCUT2D eigenvalue weighted by atomic mass is 10.3. The Morgan fingerprint density at radius 1 is 1.80 bits per heavy atom. The highest BCUT2D eigenvalue weighted by molar-refractivity contribution is 5.99. The molecule has 0 aliphatic rings. The molecule has 0 radical (unpaired) electrons. The van der Waals surface area contributed by atoms with Gasteiger partial charge in [0.05, 0.1) is 12.1 Å². The molecular weight excluding hydrogens is 134 g/mol. The van der Waals surface area contributed by atoms with Gasteiger partial charge in [-0.1, -0.05) is 5.16 Å². The van der Waals surface area contributed by atoms with E-state index in [-0.39, 0.29) is 12.3 Å². The van der Waals surface area contributed by atoms with Crippen LogP contribution in [0.3, 0.4) is 0 Å². The summed E-state index contributed by atoms with van der Waals surface area (Å²) in [6.45, 7) is 1.68. The molecule has 0 saturated carbocycles. The van der Waals surface area contributed by atoms with Crippen molar-refractivity contribution in [3.05, 3.63) is 0 Å². The van der Waals surface area contributed by atoms with E-state index in [4.69, 9.17) is 5.84 Å². The quantitative estimate of drug-likeness (QED) is 0.241. The number of nitrogens with zero attached hydrogens (tertiary/aromatic N) is 1. The van der Waals surface area contributed by atoms with Gasteiger partial charge in [-0.15, -0.1) is 0 Å². The third-order valence-electron chi connectivity index (χ3n) is 0.825. The Morgan fingerprint density at radius 2 is 2.40 bits per heavy atom. The molecule has 0 spiro atoms. The standard InChI is InChI=1S/C5H11N3O2/c1-4(8-10-2)3-5(9)7-6/h3,6H2,1-2H3,(H,7,9)/b8-4+. The van der Waals surface area contributed by atoms with Crippen molar-refractivity contribution in [1.82, 2.24) is 5.43 Å². The molecule has 5 nitrogen and oxygen atoms in total. The maximum absolute atomic E-state index is 10.5. The van der Waals surface area contributed by atoms with Crippen molar-refractivity contribution in [2.45, 2.75) is 13.3 Å². The van der Waals surface area contributed by atoms with Crippen LogP contribution in [-0.4, -0.2) is 18.7 Å². The topological polar surface area (TPSA) is 76.7 Å². The highest BCUT2D eigenvalue weighted by Crippen LogP contribution is 1.85. The first kappa shape index (κ1) is 8.90. The Hall–Kier alpha value is -1.10. The third kappa shape index (κ3) is 3.85. The van der Waals surface area contributed by atoms with E-state index in [1.165, 1.54) is 7.11 Å². The Balaban J connectivity index is 3.67. The summed E-state index contributed by atoms with van der Waals surface area (Å²) in [6.07, 6.45) is 0.171. The smallest absolute Gasteiger partial charge is 0.239 e. The number of oxime groups is 1. The molecule has 3 N–H and O–H groups in total. The summed E-state index contributed by atoms with van der Waals surface area (Å²) in [6, 6.07) is 0. The van der Waals surface area contributed by atoms with Crippen LogP contribution in [0.4, 0.5) is 0 Å². The van der Waals surface area contributed by atoms with Crippen LogP contribution in [0.1, 0.15) is 13.3 Å². The summed E-state index contributed by atoms with van der Waals surface area (Å²) in [5.41, 5.74) is 2.57. The fraction of sp³-hybridized carbons (Fsp3) is 0.600. The van der Waals surface area contributed by atoms with Gasteiger partial charge in [0.25, 0.3) is 0 Å². The van der Waals surface area contributed by atoms with Gasteiger partial charge < -0.3 is 4.84 Å². The fourth-order valence-electron chi connectivity index (χ4n) is 0.472. The van der Waals surface area contributed by atoms with Crippen LogP contribution in [0.25, 0.3) is 0 Å². The second kappa shape index (κ2) is 4.75. The normalized spacial score (nSPS) is 10.9. The Morgan fingerprint density at radius 3 is 2.80 bits per heavy atom. The molecule has 0 aromatic carbocycles. The van der Waals surface area contributed by atoms with Crippen molar-refractivity contribution >= 4 is 11.6 Å². The van der Waals surface area contributed by atoms with Gasteiger partial charge in [0.1, 0.15) is 7.11 Å². The van der Waals surface area contributed by atoms with Gasteiger partial charge in [0.2, 0.25) is 5.91 Å². The highest BCUT2D eigenvalue weighted by atomic mass is 16.6. The van der Waals surface area contributed by atoms with E-state index < -0.39 is 0 Å². The summed E-state index contributed by atoms with van der Waals surface area (Å²) in [4.78, 5) is 14.9. The monoisotopic (exact) mass is 145 g/mol. The zero-order chi connectivity index (χ0) is 7.98. The molecule has 0 heterocycles. The molecule has 0 atom stereocenters. The predicted octanol–water partition coefficient (Wildman–Crippen LogP) is -0.611. The van der Waals surface area contributed by atoms with Crippen molar-refractivity contribution < 1.29 is 9.63 Å². The van der Waals surface area contributed by atoms with Crippen LogP contribution in [0.2, 0.25) is 0 Å². The highest BCUT2D eigenvalue weighted by Gasteiger charge is 1.99. The Labute approximate surface area is 59.2 Å². The van der Waals surface area contributed by atoms with E-state index in [2.05, 4.69) is 9.99 Å². The molecule has 0 aromatic heterocycles. The van der Waals surface area contributed by atoms with Crippen LogP contribution in [0.15, 0.2) is 5.16 Å². The van der Waals surface area contributed by atoms with Crippen LogP contribution < -0.4 is 11.3 Å². The maximum Gasteiger partial charge on any atom is 0.239 e. The number of hydrazine groups is 1. The molecule has 0 rings (SSSR count). The lowest BCUT2D eigenvalue weighted by Crippen LogP contribution is -2.31. The molecule has 10 heavy (non-hydrogen) atoms. The van der Waals surface area contributed by atoms with E-state index in [1.54, 1.807) is 6.92 Å². The Bertz CT molecular complexity index is 144. The molecule has 0 aliphatic heterocycles. The molecular formula is C5H11N3O2. The average molecular weight is 145 g/mol. The molecule has 5 heteroatoms. The van der Waals surface area contributed by atoms with E-state index >= 15 is 0 Å². The van der Waals surface area contributed by atoms with Crippen LogP contribution in [-0.2, 0) is 9.63 Å². The molecule has 1 amide bonds. The number of carbonyl (C=O) groups is 1. The first-order valence-corrected chi connectivity index (χ1v) is 2.76. The second-order valence-corrected chi connectivity index (χ2v) is 1.75. The SMILES string of the molecule is CO/N=C(\C)CC(=O)NN. The summed E-state index contributed by atoms with van der Waals surface area (Å²) in [5.74, 6) is 4.54. The van der Waals surface area contributed by atoms with Crippen molar-refractivity contribution in [2.75, 3.05) is 7.11 Å². The predicted molar refractivity (Wildman–Crippen MR) is 37.1 cm³/mol. The number of nitrogens with one attached hydrogen (secondary N) is 1. The van der Waals surface area contributed by atoms with Crippen molar-refractivity contribution in [1.29, 1.82) is 0 Å². The van der Waals surface area contributed by atoms with Crippen molar-refractivity contribution in [3.63, 3.8) is 0 Å². The number of hydrogen-bond donors (Lipinski definition) is 2. The van der Waals surface area contributed by atoms with E-state index in [0.717, 1.165) is 0 Å². The Kier molecular flexibility index (Phi) is 4.23. The number of nitrogens with two attached hydrogens (primary N) is 1. The number of amides is 1. The van der Waals surface area contributed by atoms with Gasteiger partial charge in [0, 0.05) is 0 Å². The van der Waals surface area contributed by atoms with E-state index in [0.29, 0.717) is 5.71 Å². The lowest BCUT2D eigenvalue weighted by Gasteiger charge is -1.96. The van der Waals surface area contributed by atoms with Crippen molar-refractivity contribution in [2.24, 2.45) is 11.0 Å². The largest absolute Gasteiger partial charge is 0.399 e. The summed E-state index contributed by atoms with van der Waals surface area (Å²) >= 11 is 0. The van der Waals surface area contributed by atoms with Gasteiger partial charge in [-0.25, -0.2) is 5.84 Å². The van der Waals surface area contributed by atoms with Gasteiger partial charge >= 0.3 is 0 Å².